The molecule has 19 heavy (non-hydrogen) atoms. The predicted molar refractivity (Wildman–Crippen MR) is 73.0 cm³/mol. The quantitative estimate of drug-likeness (QED) is 0.784. The topological polar surface area (TPSA) is 46.6 Å². The molecule has 102 valence electrons. The third kappa shape index (κ3) is 2.01. The maximum atomic E-state index is 12.7. The monoisotopic (exact) mass is 261 g/mol. The molecule has 1 aromatic carbocycles. The second kappa shape index (κ2) is 4.68. The van der Waals surface area contributed by atoms with E-state index >= 15 is 0 Å². The first-order chi connectivity index (χ1) is 8.91. The molecule has 1 atom stereocenters. The van der Waals surface area contributed by atoms with E-state index < -0.39 is 5.41 Å². The minimum atomic E-state index is -0.825. The number of nitrogens with zero attached hydrogens (tertiary/aromatic N) is 1. The van der Waals surface area contributed by atoms with Gasteiger partial charge in [-0.2, -0.15) is 0 Å². The van der Waals surface area contributed by atoms with Gasteiger partial charge in [0.1, 0.15) is 0 Å². The number of rotatable bonds is 3. The Morgan fingerprint density at radius 2 is 2.00 bits per heavy atom. The van der Waals surface area contributed by atoms with Crippen LogP contribution in [0.3, 0.4) is 0 Å². The second-order valence-electron chi connectivity index (χ2n) is 5.37. The Labute approximate surface area is 113 Å². The summed E-state index contributed by atoms with van der Waals surface area (Å²) in [6.07, 6.45) is 0.0720. The molecule has 1 unspecified atom stereocenters. The normalized spacial score (nSPS) is 21.7. The van der Waals surface area contributed by atoms with Crippen LogP contribution in [0.2, 0.25) is 0 Å². The SMILES string of the molecule is COC(=O)CC1(C)C(=O)N(C(C)C)c2ccccc21. The van der Waals surface area contributed by atoms with Crippen LogP contribution in [0.1, 0.15) is 32.8 Å². The summed E-state index contributed by atoms with van der Waals surface area (Å²) >= 11 is 0. The Bertz CT molecular complexity index is 524. The van der Waals surface area contributed by atoms with Gasteiger partial charge in [0.05, 0.1) is 18.9 Å². The summed E-state index contributed by atoms with van der Waals surface area (Å²) in [4.78, 5) is 26.1. The Balaban J connectivity index is 2.52. The number of para-hydroxylation sites is 1. The molecule has 0 saturated heterocycles. The van der Waals surface area contributed by atoms with Crippen molar-refractivity contribution in [3.63, 3.8) is 0 Å². The number of esters is 1. The maximum absolute atomic E-state index is 12.7. The number of hydrogen-bond donors (Lipinski definition) is 0. The van der Waals surface area contributed by atoms with Crippen molar-refractivity contribution in [1.29, 1.82) is 0 Å². The molecule has 2 rings (SSSR count). The number of carbonyl (C=O) groups excluding carboxylic acids is 2. The van der Waals surface area contributed by atoms with E-state index in [1.54, 1.807) is 4.90 Å². The van der Waals surface area contributed by atoms with Gasteiger partial charge in [-0.05, 0) is 32.4 Å². The highest BCUT2D eigenvalue weighted by molar-refractivity contribution is 6.09. The summed E-state index contributed by atoms with van der Waals surface area (Å²) < 4.78 is 4.73. The van der Waals surface area contributed by atoms with Crippen molar-refractivity contribution in [3.8, 4) is 0 Å². The highest BCUT2D eigenvalue weighted by atomic mass is 16.5. The van der Waals surface area contributed by atoms with Crippen molar-refractivity contribution in [2.45, 2.75) is 38.6 Å². The number of anilines is 1. The standard InChI is InChI=1S/C15H19NO3/c1-10(2)16-12-8-6-5-7-11(12)15(3,14(16)18)9-13(17)19-4/h5-8,10H,9H2,1-4H3. The maximum Gasteiger partial charge on any atom is 0.306 e. The first-order valence-corrected chi connectivity index (χ1v) is 6.42. The van der Waals surface area contributed by atoms with Crippen molar-refractivity contribution in [3.05, 3.63) is 29.8 Å². The van der Waals surface area contributed by atoms with Gasteiger partial charge in [-0.1, -0.05) is 18.2 Å². The van der Waals surface area contributed by atoms with Crippen molar-refractivity contribution < 1.29 is 14.3 Å². The van der Waals surface area contributed by atoms with Crippen LogP contribution in [0, 0.1) is 0 Å². The molecular weight excluding hydrogens is 242 g/mol. The Hall–Kier alpha value is -1.84. The summed E-state index contributed by atoms with van der Waals surface area (Å²) in [5.74, 6) is -0.398. The van der Waals surface area contributed by atoms with Crippen molar-refractivity contribution in [1.82, 2.24) is 0 Å². The summed E-state index contributed by atoms with van der Waals surface area (Å²) in [5.41, 5.74) is 0.974. The van der Waals surface area contributed by atoms with Gasteiger partial charge in [0, 0.05) is 11.7 Å². The van der Waals surface area contributed by atoms with Crippen LogP contribution in [0.4, 0.5) is 5.69 Å². The molecule has 4 nitrogen and oxygen atoms in total. The van der Waals surface area contributed by atoms with Crippen LogP contribution in [0.5, 0.6) is 0 Å². The third-order valence-electron chi connectivity index (χ3n) is 3.69. The molecule has 0 aromatic heterocycles. The lowest BCUT2D eigenvalue weighted by Gasteiger charge is -2.25. The Morgan fingerprint density at radius 1 is 1.37 bits per heavy atom. The van der Waals surface area contributed by atoms with E-state index in [0.717, 1.165) is 11.3 Å². The molecule has 1 aliphatic rings. The van der Waals surface area contributed by atoms with Crippen LogP contribution in [-0.4, -0.2) is 25.0 Å². The number of ether oxygens (including phenoxy) is 1. The average Bonchev–Trinajstić information content (AvgIpc) is 2.59. The van der Waals surface area contributed by atoms with Crippen LogP contribution in [0.25, 0.3) is 0 Å². The smallest absolute Gasteiger partial charge is 0.306 e. The van der Waals surface area contributed by atoms with Crippen molar-refractivity contribution >= 4 is 17.6 Å². The zero-order chi connectivity index (χ0) is 14.2. The number of amides is 1. The fraction of sp³-hybridized carbons (Fsp3) is 0.467. The number of benzene rings is 1. The predicted octanol–water partition coefficient (Wildman–Crippen LogP) is 2.26. The molecule has 1 aromatic rings. The summed E-state index contributed by atoms with van der Waals surface area (Å²) in [6.45, 7) is 5.75. The molecule has 4 heteroatoms. The summed E-state index contributed by atoms with van der Waals surface area (Å²) in [6, 6.07) is 7.71. The van der Waals surface area contributed by atoms with Gasteiger partial charge in [-0.3, -0.25) is 9.59 Å². The van der Waals surface area contributed by atoms with E-state index in [1.807, 2.05) is 45.0 Å². The van der Waals surface area contributed by atoms with E-state index in [4.69, 9.17) is 4.74 Å². The summed E-state index contributed by atoms with van der Waals surface area (Å²) in [7, 11) is 1.34. The van der Waals surface area contributed by atoms with Crippen LogP contribution >= 0.6 is 0 Å². The molecule has 0 aliphatic carbocycles. The largest absolute Gasteiger partial charge is 0.469 e. The third-order valence-corrected chi connectivity index (χ3v) is 3.69. The van der Waals surface area contributed by atoms with Gasteiger partial charge in [-0.25, -0.2) is 0 Å². The van der Waals surface area contributed by atoms with Crippen molar-refractivity contribution in [2.75, 3.05) is 12.0 Å². The van der Waals surface area contributed by atoms with Gasteiger partial charge in [0.25, 0.3) is 0 Å². The highest BCUT2D eigenvalue weighted by Gasteiger charge is 2.49. The van der Waals surface area contributed by atoms with Crippen LogP contribution < -0.4 is 4.90 Å². The second-order valence-corrected chi connectivity index (χ2v) is 5.37. The van der Waals surface area contributed by atoms with Crippen LogP contribution in [0.15, 0.2) is 24.3 Å². The van der Waals surface area contributed by atoms with E-state index in [1.165, 1.54) is 7.11 Å². The highest BCUT2D eigenvalue weighted by Crippen LogP contribution is 2.44. The number of methoxy groups -OCH3 is 1. The van der Waals surface area contributed by atoms with Gasteiger partial charge >= 0.3 is 5.97 Å². The van der Waals surface area contributed by atoms with Gasteiger partial charge < -0.3 is 9.64 Å². The van der Waals surface area contributed by atoms with E-state index in [9.17, 15) is 9.59 Å². The molecule has 1 amide bonds. The lowest BCUT2D eigenvalue weighted by atomic mass is 9.80. The molecule has 0 spiro atoms. The minimum absolute atomic E-state index is 0.0332. The average molecular weight is 261 g/mol. The number of hydrogen-bond acceptors (Lipinski definition) is 3. The Morgan fingerprint density at radius 3 is 2.58 bits per heavy atom. The lowest BCUT2D eigenvalue weighted by molar-refractivity contribution is -0.144. The number of carbonyl (C=O) groups is 2. The number of fused-ring (bicyclic) bond motifs is 1. The first-order valence-electron chi connectivity index (χ1n) is 6.42. The lowest BCUT2D eigenvalue weighted by Crippen LogP contribution is -2.43. The fourth-order valence-corrected chi connectivity index (χ4v) is 2.69. The van der Waals surface area contributed by atoms with Gasteiger partial charge in [0.2, 0.25) is 5.91 Å². The molecule has 0 N–H and O–H groups in total. The minimum Gasteiger partial charge on any atom is -0.469 e. The van der Waals surface area contributed by atoms with Gasteiger partial charge in [0.15, 0.2) is 0 Å². The van der Waals surface area contributed by atoms with E-state index in [2.05, 4.69) is 0 Å². The molecule has 1 heterocycles. The molecule has 0 fully saturated rings. The fourth-order valence-electron chi connectivity index (χ4n) is 2.69. The first kappa shape index (κ1) is 13.6. The van der Waals surface area contributed by atoms with Crippen LogP contribution in [-0.2, 0) is 19.7 Å². The molecular formula is C15H19NO3. The molecule has 0 bridgehead atoms. The zero-order valence-corrected chi connectivity index (χ0v) is 11.8. The molecule has 0 radical (unpaired) electrons. The molecule has 1 aliphatic heterocycles. The van der Waals surface area contributed by atoms with Gasteiger partial charge in [-0.15, -0.1) is 0 Å². The zero-order valence-electron chi connectivity index (χ0n) is 11.8. The van der Waals surface area contributed by atoms with E-state index in [0.29, 0.717) is 0 Å². The molecule has 0 saturated carbocycles. The van der Waals surface area contributed by atoms with E-state index in [-0.39, 0.29) is 24.3 Å². The summed E-state index contributed by atoms with van der Waals surface area (Å²) in [5, 5.41) is 0. The van der Waals surface area contributed by atoms with Crippen molar-refractivity contribution in [2.24, 2.45) is 0 Å². The Kier molecular flexibility index (Phi) is 3.35.